The highest BCUT2D eigenvalue weighted by Crippen LogP contribution is 2.34. The molecule has 5 nitrogen and oxygen atoms in total. The zero-order valence-corrected chi connectivity index (χ0v) is 19.7. The lowest BCUT2D eigenvalue weighted by molar-refractivity contribution is -0.0175. The van der Waals surface area contributed by atoms with Crippen LogP contribution >= 0.6 is 0 Å². The van der Waals surface area contributed by atoms with E-state index in [-0.39, 0.29) is 12.0 Å². The van der Waals surface area contributed by atoms with Crippen LogP contribution in [0, 0.1) is 17.8 Å². The number of fused-ring (bicyclic) bond motifs is 4. The Bertz CT molecular complexity index is 1010. The van der Waals surface area contributed by atoms with Gasteiger partial charge in [-0.05, 0) is 63.4 Å². The summed E-state index contributed by atoms with van der Waals surface area (Å²) in [5.41, 5.74) is 2.20. The van der Waals surface area contributed by atoms with Gasteiger partial charge in [0, 0.05) is 44.1 Å². The molecule has 2 bridgehead atoms. The summed E-state index contributed by atoms with van der Waals surface area (Å²) >= 11 is 0. The van der Waals surface area contributed by atoms with Gasteiger partial charge in [-0.15, -0.1) is 0 Å². The number of aliphatic hydroxyl groups is 1. The van der Waals surface area contributed by atoms with Crippen molar-refractivity contribution >= 4 is 5.82 Å². The third-order valence-corrected chi connectivity index (χ3v) is 7.42. The van der Waals surface area contributed by atoms with E-state index < -0.39 is 5.60 Å². The standard InChI is InChI=1S/C28H35N3O2/c1-2-33-25-14-18-31(20-25)27-11-10-23(26(29-27)19-22-7-4-3-5-8-22)12-15-28(32)21-30-16-6-9-24(28)13-17-30/h3-5,7-8,10-11,24-25,32H,2,6,9,13-14,16-21H2,1H3. The SMILES string of the molecule is CCOC1CCN(c2ccc(C#CC3(O)CN4CCCC3CC4)c(Cc3ccccc3)n2)C1. The van der Waals surface area contributed by atoms with Crippen LogP contribution in [-0.4, -0.2) is 66.0 Å². The topological polar surface area (TPSA) is 48.8 Å². The molecule has 1 N–H and O–H groups in total. The number of anilines is 1. The zero-order chi connectivity index (χ0) is 22.7. The predicted molar refractivity (Wildman–Crippen MR) is 131 cm³/mol. The van der Waals surface area contributed by atoms with Crippen molar-refractivity contribution in [1.82, 2.24) is 9.88 Å². The third-order valence-electron chi connectivity index (χ3n) is 7.42. The second-order valence-corrected chi connectivity index (χ2v) is 9.72. The summed E-state index contributed by atoms with van der Waals surface area (Å²) in [5.74, 6) is 7.95. The Labute approximate surface area is 197 Å². The Hall–Kier alpha value is -2.39. The molecule has 4 aliphatic rings. The maximum atomic E-state index is 11.4. The summed E-state index contributed by atoms with van der Waals surface area (Å²) in [6.07, 6.45) is 5.30. The highest BCUT2D eigenvalue weighted by molar-refractivity contribution is 5.50. The molecule has 0 spiro atoms. The molecule has 0 saturated carbocycles. The highest BCUT2D eigenvalue weighted by Gasteiger charge is 2.42. The fraction of sp³-hybridized carbons (Fsp3) is 0.536. The van der Waals surface area contributed by atoms with Crippen molar-refractivity contribution in [3.8, 4) is 11.8 Å². The van der Waals surface area contributed by atoms with Crippen molar-refractivity contribution in [2.24, 2.45) is 5.92 Å². The van der Waals surface area contributed by atoms with E-state index >= 15 is 0 Å². The summed E-state index contributed by atoms with van der Waals surface area (Å²) in [5, 5.41) is 11.4. The van der Waals surface area contributed by atoms with E-state index in [1.807, 2.05) is 6.07 Å². The monoisotopic (exact) mass is 445 g/mol. The van der Waals surface area contributed by atoms with Gasteiger partial charge in [0.05, 0.1) is 11.8 Å². The summed E-state index contributed by atoms with van der Waals surface area (Å²) in [7, 11) is 0. The second-order valence-electron chi connectivity index (χ2n) is 9.72. The van der Waals surface area contributed by atoms with E-state index in [1.54, 1.807) is 0 Å². The van der Waals surface area contributed by atoms with Crippen LogP contribution in [0.3, 0.4) is 0 Å². The number of nitrogens with zero attached hydrogens (tertiary/aromatic N) is 3. The smallest absolute Gasteiger partial charge is 0.141 e. The van der Waals surface area contributed by atoms with Gasteiger partial charge in [0.25, 0.3) is 0 Å². The molecular weight excluding hydrogens is 410 g/mol. The van der Waals surface area contributed by atoms with Gasteiger partial charge in [-0.1, -0.05) is 42.2 Å². The molecule has 0 radical (unpaired) electrons. The van der Waals surface area contributed by atoms with E-state index in [0.717, 1.165) is 82.0 Å². The molecule has 5 heterocycles. The lowest BCUT2D eigenvalue weighted by atomic mass is 9.80. The van der Waals surface area contributed by atoms with Gasteiger partial charge in [-0.25, -0.2) is 4.98 Å². The van der Waals surface area contributed by atoms with Gasteiger partial charge in [0.15, 0.2) is 0 Å². The Morgan fingerprint density at radius 3 is 2.82 bits per heavy atom. The minimum Gasteiger partial charge on any atom is -0.377 e. The first-order valence-electron chi connectivity index (χ1n) is 12.5. The van der Waals surface area contributed by atoms with E-state index in [1.165, 1.54) is 5.56 Å². The average molecular weight is 446 g/mol. The molecular formula is C28H35N3O2. The van der Waals surface area contributed by atoms with Crippen molar-refractivity contribution in [2.45, 2.75) is 50.7 Å². The lowest BCUT2D eigenvalue weighted by Gasteiger charge is -2.38. The van der Waals surface area contributed by atoms with Crippen LogP contribution in [0.15, 0.2) is 42.5 Å². The molecule has 0 aliphatic carbocycles. The van der Waals surface area contributed by atoms with Crippen molar-refractivity contribution in [3.05, 3.63) is 59.3 Å². The second kappa shape index (κ2) is 9.85. The Kier molecular flexibility index (Phi) is 6.69. The number of hydrogen-bond acceptors (Lipinski definition) is 5. The van der Waals surface area contributed by atoms with E-state index in [0.29, 0.717) is 6.54 Å². The quantitative estimate of drug-likeness (QED) is 0.714. The maximum absolute atomic E-state index is 11.4. The number of rotatable bonds is 5. The molecule has 6 rings (SSSR count). The summed E-state index contributed by atoms with van der Waals surface area (Å²) < 4.78 is 5.83. The van der Waals surface area contributed by atoms with Gasteiger partial charge in [0.1, 0.15) is 11.4 Å². The lowest BCUT2D eigenvalue weighted by Crippen LogP contribution is -2.50. The Balaban J connectivity index is 1.44. The fourth-order valence-corrected chi connectivity index (χ4v) is 5.59. The number of ether oxygens (including phenoxy) is 1. The van der Waals surface area contributed by atoms with E-state index in [2.05, 4.69) is 65.0 Å². The number of benzene rings is 1. The summed E-state index contributed by atoms with van der Waals surface area (Å²) in [6.45, 7) is 7.48. The van der Waals surface area contributed by atoms with Crippen LogP contribution in [0.4, 0.5) is 5.82 Å². The molecule has 1 aromatic carbocycles. The molecule has 4 fully saturated rings. The molecule has 0 amide bonds. The molecule has 4 atom stereocenters. The number of hydrogen-bond donors (Lipinski definition) is 1. The summed E-state index contributed by atoms with van der Waals surface area (Å²) in [4.78, 5) is 9.76. The van der Waals surface area contributed by atoms with Crippen molar-refractivity contribution in [3.63, 3.8) is 0 Å². The van der Waals surface area contributed by atoms with Crippen molar-refractivity contribution in [1.29, 1.82) is 0 Å². The predicted octanol–water partition coefficient (Wildman–Crippen LogP) is 3.49. The first-order chi connectivity index (χ1) is 16.1. The van der Waals surface area contributed by atoms with Gasteiger partial charge < -0.3 is 14.7 Å². The highest BCUT2D eigenvalue weighted by atomic mass is 16.5. The third kappa shape index (κ3) is 5.09. The first kappa shape index (κ1) is 22.4. The van der Waals surface area contributed by atoms with Gasteiger partial charge in [0.2, 0.25) is 0 Å². The molecule has 33 heavy (non-hydrogen) atoms. The fourth-order valence-electron chi connectivity index (χ4n) is 5.59. The molecule has 4 saturated heterocycles. The average Bonchev–Trinajstić information content (AvgIpc) is 3.09. The Morgan fingerprint density at radius 1 is 1.09 bits per heavy atom. The van der Waals surface area contributed by atoms with Gasteiger partial charge in [-0.2, -0.15) is 0 Å². The minimum atomic E-state index is -0.920. The largest absolute Gasteiger partial charge is 0.377 e. The minimum absolute atomic E-state index is 0.272. The maximum Gasteiger partial charge on any atom is 0.141 e. The van der Waals surface area contributed by atoms with Crippen LogP contribution in [0.5, 0.6) is 0 Å². The number of piperidine rings is 1. The Morgan fingerprint density at radius 2 is 1.97 bits per heavy atom. The van der Waals surface area contributed by atoms with Crippen LogP contribution in [0.2, 0.25) is 0 Å². The number of pyridine rings is 1. The molecule has 5 heteroatoms. The van der Waals surface area contributed by atoms with Crippen molar-refractivity contribution in [2.75, 3.05) is 44.2 Å². The molecule has 2 aromatic rings. The zero-order valence-electron chi connectivity index (χ0n) is 19.7. The van der Waals surface area contributed by atoms with E-state index in [9.17, 15) is 5.11 Å². The van der Waals surface area contributed by atoms with Crippen LogP contribution < -0.4 is 4.90 Å². The van der Waals surface area contributed by atoms with Crippen LogP contribution in [-0.2, 0) is 11.2 Å². The first-order valence-corrected chi connectivity index (χ1v) is 12.5. The van der Waals surface area contributed by atoms with Crippen LogP contribution in [0.1, 0.15) is 49.4 Å². The molecule has 174 valence electrons. The molecule has 1 aromatic heterocycles. The van der Waals surface area contributed by atoms with E-state index in [4.69, 9.17) is 9.72 Å². The van der Waals surface area contributed by atoms with Crippen molar-refractivity contribution < 1.29 is 9.84 Å². The number of aromatic nitrogens is 1. The van der Waals surface area contributed by atoms with Gasteiger partial charge in [-0.3, -0.25) is 4.90 Å². The molecule has 4 unspecified atom stereocenters. The molecule has 4 aliphatic heterocycles. The normalized spacial score (nSPS) is 28.9. The van der Waals surface area contributed by atoms with Crippen LogP contribution in [0.25, 0.3) is 0 Å². The van der Waals surface area contributed by atoms with Gasteiger partial charge >= 0.3 is 0 Å². The summed E-state index contributed by atoms with van der Waals surface area (Å²) in [6, 6.07) is 14.6.